The third-order valence-electron chi connectivity index (χ3n) is 4.00. The lowest BCUT2D eigenvalue weighted by Crippen LogP contribution is -2.50. The maximum Gasteiger partial charge on any atom is 0.257 e. The summed E-state index contributed by atoms with van der Waals surface area (Å²) in [4.78, 5) is 16.1. The monoisotopic (exact) mass is 261 g/mol. The molecule has 3 rings (SSSR count). The normalized spacial score (nSPS) is 27.3. The number of piperazine rings is 1. The number of anilines is 2. The number of carbonyl (C=O) groups is 1. The number of fused-ring (bicyclic) bond motifs is 1. The Morgan fingerprint density at radius 1 is 1.37 bits per heavy atom. The minimum atomic E-state index is -1.02. The molecule has 1 saturated heterocycles. The van der Waals surface area contributed by atoms with E-state index in [2.05, 4.69) is 29.1 Å². The Kier molecular flexibility index (Phi) is 2.95. The largest absolute Gasteiger partial charge is 0.378 e. The average Bonchev–Trinajstić information content (AvgIpc) is 2.64. The third-order valence-corrected chi connectivity index (χ3v) is 4.00. The second-order valence-electron chi connectivity index (χ2n) is 5.47. The molecular formula is C14H19N3O2. The zero-order valence-corrected chi connectivity index (χ0v) is 11.3. The van der Waals surface area contributed by atoms with Crippen molar-refractivity contribution in [1.82, 2.24) is 4.90 Å². The zero-order valence-electron chi connectivity index (χ0n) is 11.3. The predicted molar refractivity (Wildman–Crippen MR) is 74.3 cm³/mol. The Labute approximate surface area is 112 Å². The minimum absolute atomic E-state index is 0.335. The van der Waals surface area contributed by atoms with E-state index < -0.39 is 6.10 Å². The van der Waals surface area contributed by atoms with Crippen LogP contribution < -0.4 is 10.2 Å². The first-order chi connectivity index (χ1) is 9.06. The summed E-state index contributed by atoms with van der Waals surface area (Å²) in [6, 6.07) is 6.24. The van der Waals surface area contributed by atoms with E-state index in [4.69, 9.17) is 0 Å². The maximum absolute atomic E-state index is 11.4. The summed E-state index contributed by atoms with van der Waals surface area (Å²) in [7, 11) is 2.13. The first kappa shape index (κ1) is 12.4. The topological polar surface area (TPSA) is 55.8 Å². The highest BCUT2D eigenvalue weighted by Crippen LogP contribution is 2.34. The molecule has 1 fully saturated rings. The van der Waals surface area contributed by atoms with Crippen LogP contribution in [0.5, 0.6) is 0 Å². The van der Waals surface area contributed by atoms with Crippen molar-refractivity contribution in [2.45, 2.75) is 19.1 Å². The molecule has 2 atom stereocenters. The van der Waals surface area contributed by atoms with Gasteiger partial charge in [-0.3, -0.25) is 4.79 Å². The van der Waals surface area contributed by atoms with Gasteiger partial charge in [0.25, 0.3) is 5.91 Å². The van der Waals surface area contributed by atoms with E-state index in [9.17, 15) is 9.90 Å². The molecule has 0 aliphatic carbocycles. The average molecular weight is 261 g/mol. The van der Waals surface area contributed by atoms with Gasteiger partial charge in [0.1, 0.15) is 0 Å². The lowest BCUT2D eigenvalue weighted by atomic mass is 10.1. The molecule has 1 aromatic carbocycles. The van der Waals surface area contributed by atoms with Gasteiger partial charge >= 0.3 is 0 Å². The summed E-state index contributed by atoms with van der Waals surface area (Å²) < 4.78 is 0. The highest BCUT2D eigenvalue weighted by Gasteiger charge is 2.30. The Morgan fingerprint density at radius 3 is 2.89 bits per heavy atom. The van der Waals surface area contributed by atoms with Crippen molar-refractivity contribution in [3.8, 4) is 0 Å². The molecule has 19 heavy (non-hydrogen) atoms. The van der Waals surface area contributed by atoms with Crippen LogP contribution in [-0.4, -0.2) is 48.6 Å². The fourth-order valence-corrected chi connectivity index (χ4v) is 2.94. The van der Waals surface area contributed by atoms with Gasteiger partial charge in [-0.15, -0.1) is 0 Å². The van der Waals surface area contributed by atoms with Gasteiger partial charge in [0, 0.05) is 42.6 Å². The highest BCUT2D eigenvalue weighted by molar-refractivity contribution is 6.02. The molecule has 1 aromatic rings. The molecule has 0 bridgehead atoms. The molecule has 2 aliphatic rings. The number of nitrogens with one attached hydrogen (secondary N) is 1. The number of rotatable bonds is 1. The van der Waals surface area contributed by atoms with Gasteiger partial charge in [0.15, 0.2) is 6.10 Å². The fourth-order valence-electron chi connectivity index (χ4n) is 2.94. The van der Waals surface area contributed by atoms with Gasteiger partial charge in [-0.1, -0.05) is 6.07 Å². The lowest BCUT2D eigenvalue weighted by molar-refractivity contribution is -0.123. The summed E-state index contributed by atoms with van der Waals surface area (Å²) in [5.74, 6) is -0.335. The van der Waals surface area contributed by atoms with Crippen molar-refractivity contribution in [2.75, 3.05) is 36.9 Å². The number of carbonyl (C=O) groups excluding carboxylic acids is 1. The second kappa shape index (κ2) is 4.51. The number of hydrogen-bond acceptors (Lipinski definition) is 4. The molecule has 5 nitrogen and oxygen atoms in total. The van der Waals surface area contributed by atoms with Crippen molar-refractivity contribution < 1.29 is 9.90 Å². The summed E-state index contributed by atoms with van der Waals surface area (Å²) in [5.41, 5.74) is 2.52. The number of benzene rings is 1. The number of likely N-dealkylation sites (N-methyl/N-ethyl adjacent to an activating group) is 1. The van der Waals surface area contributed by atoms with E-state index in [1.54, 1.807) is 0 Å². The van der Waals surface area contributed by atoms with Gasteiger partial charge < -0.3 is 20.2 Å². The maximum atomic E-state index is 11.4. The fraction of sp³-hybridized carbons (Fsp3) is 0.500. The predicted octanol–water partition coefficient (Wildman–Crippen LogP) is 0.812. The smallest absolute Gasteiger partial charge is 0.257 e. The summed E-state index contributed by atoms with van der Waals surface area (Å²) >= 11 is 0. The molecule has 0 aromatic heterocycles. The van der Waals surface area contributed by atoms with Crippen LogP contribution in [0.15, 0.2) is 18.2 Å². The van der Waals surface area contributed by atoms with Crippen LogP contribution in [0.25, 0.3) is 0 Å². The lowest BCUT2D eigenvalue weighted by Gasteiger charge is -2.40. The highest BCUT2D eigenvalue weighted by atomic mass is 16.3. The molecule has 102 valence electrons. The van der Waals surface area contributed by atoms with E-state index in [-0.39, 0.29) is 5.91 Å². The molecule has 5 heteroatoms. The van der Waals surface area contributed by atoms with E-state index in [1.807, 2.05) is 18.2 Å². The number of aliphatic hydroxyl groups excluding tert-OH is 1. The summed E-state index contributed by atoms with van der Waals surface area (Å²) in [6.45, 7) is 5.26. The Balaban J connectivity index is 1.87. The van der Waals surface area contributed by atoms with Crippen LogP contribution in [0.3, 0.4) is 0 Å². The van der Waals surface area contributed by atoms with Crippen LogP contribution in [-0.2, 0) is 4.79 Å². The van der Waals surface area contributed by atoms with Gasteiger partial charge in [0.05, 0.1) is 0 Å². The van der Waals surface area contributed by atoms with Crippen molar-refractivity contribution in [1.29, 1.82) is 0 Å². The van der Waals surface area contributed by atoms with E-state index in [0.29, 0.717) is 11.6 Å². The first-order valence-electron chi connectivity index (χ1n) is 6.64. The zero-order chi connectivity index (χ0) is 13.6. The van der Waals surface area contributed by atoms with Gasteiger partial charge in [0.2, 0.25) is 0 Å². The molecule has 2 unspecified atom stereocenters. The van der Waals surface area contributed by atoms with Crippen LogP contribution in [0.4, 0.5) is 11.4 Å². The quantitative estimate of drug-likeness (QED) is 0.785. The third kappa shape index (κ3) is 2.09. The summed E-state index contributed by atoms with van der Waals surface area (Å²) in [5, 5.41) is 12.4. The number of hydrogen-bond donors (Lipinski definition) is 2. The van der Waals surface area contributed by atoms with Gasteiger partial charge in [-0.05, 0) is 26.1 Å². The number of amides is 1. The standard InChI is InChI=1S/C14H19N3O2/c1-9-8-16(2)5-6-17(9)10-3-4-11-12(7-10)15-14(19)13(11)18/h3-4,7,9,13,18H,5-6,8H2,1-2H3,(H,15,19). The molecule has 0 spiro atoms. The minimum Gasteiger partial charge on any atom is -0.378 e. The molecule has 2 N–H and O–H groups in total. The number of nitrogens with zero attached hydrogens (tertiary/aromatic N) is 2. The Bertz CT molecular complexity index is 517. The molecule has 1 amide bonds. The van der Waals surface area contributed by atoms with Crippen LogP contribution in [0.2, 0.25) is 0 Å². The summed E-state index contributed by atoms with van der Waals surface area (Å²) in [6.07, 6.45) is -1.02. The second-order valence-corrected chi connectivity index (χ2v) is 5.47. The Morgan fingerprint density at radius 2 is 2.16 bits per heavy atom. The van der Waals surface area contributed by atoms with Crippen molar-refractivity contribution >= 4 is 17.3 Å². The van der Waals surface area contributed by atoms with E-state index >= 15 is 0 Å². The van der Waals surface area contributed by atoms with Crippen molar-refractivity contribution in [3.63, 3.8) is 0 Å². The Hall–Kier alpha value is -1.59. The number of aliphatic hydroxyl groups is 1. The molecular weight excluding hydrogens is 242 g/mol. The van der Waals surface area contributed by atoms with Gasteiger partial charge in [-0.25, -0.2) is 0 Å². The molecule has 2 heterocycles. The van der Waals surface area contributed by atoms with Gasteiger partial charge in [-0.2, -0.15) is 0 Å². The van der Waals surface area contributed by atoms with E-state index in [0.717, 1.165) is 31.0 Å². The van der Waals surface area contributed by atoms with Crippen LogP contribution in [0.1, 0.15) is 18.6 Å². The molecule has 2 aliphatic heterocycles. The van der Waals surface area contributed by atoms with Crippen LogP contribution in [0, 0.1) is 0 Å². The first-order valence-corrected chi connectivity index (χ1v) is 6.64. The van der Waals surface area contributed by atoms with Crippen molar-refractivity contribution in [3.05, 3.63) is 23.8 Å². The molecule has 0 radical (unpaired) electrons. The SMILES string of the molecule is CC1CN(C)CCN1c1ccc2c(c1)NC(=O)C2O. The molecule has 0 saturated carbocycles. The van der Waals surface area contributed by atoms with Crippen LogP contribution >= 0.6 is 0 Å². The van der Waals surface area contributed by atoms with Crippen molar-refractivity contribution in [2.24, 2.45) is 0 Å². The van der Waals surface area contributed by atoms with E-state index in [1.165, 1.54) is 0 Å².